The summed E-state index contributed by atoms with van der Waals surface area (Å²) < 4.78 is 27.8. The maximum Gasteiger partial charge on any atom is 0.252 e. The Morgan fingerprint density at radius 3 is 2.96 bits per heavy atom. The molecule has 1 aliphatic rings. The largest absolute Gasteiger partial charge is 0.312 e. The first-order valence-corrected chi connectivity index (χ1v) is 9.71. The third kappa shape index (κ3) is 4.38. The first-order valence-electron chi connectivity index (χ1n) is 7.76. The minimum absolute atomic E-state index is 0.0195. The molecule has 2 aromatic heterocycles. The molecule has 134 valence electrons. The first kappa shape index (κ1) is 18.3. The van der Waals surface area contributed by atoms with Gasteiger partial charge in [0.05, 0.1) is 23.8 Å². The third-order valence-electron chi connectivity index (χ3n) is 4.03. The Labute approximate surface area is 156 Å². The minimum atomic E-state index is -2.49. The van der Waals surface area contributed by atoms with Crippen LogP contribution in [0.3, 0.4) is 0 Å². The molecule has 0 bridgehead atoms. The third-order valence-corrected chi connectivity index (χ3v) is 5.73. The van der Waals surface area contributed by atoms with E-state index >= 15 is 0 Å². The van der Waals surface area contributed by atoms with E-state index in [1.54, 1.807) is 36.4 Å². The lowest BCUT2D eigenvalue weighted by molar-refractivity contribution is -0.117. The fourth-order valence-corrected chi connectivity index (χ4v) is 4.00. The van der Waals surface area contributed by atoms with Crippen molar-refractivity contribution in [3.8, 4) is 5.69 Å². The van der Waals surface area contributed by atoms with Crippen LogP contribution in [0.25, 0.3) is 5.69 Å². The molecule has 3 rings (SSSR count). The van der Waals surface area contributed by atoms with Gasteiger partial charge < -0.3 is 4.90 Å². The van der Waals surface area contributed by atoms with Gasteiger partial charge >= 0.3 is 0 Å². The lowest BCUT2D eigenvalue weighted by atomic mass is 10.4. The van der Waals surface area contributed by atoms with Crippen LogP contribution in [0.5, 0.6) is 0 Å². The van der Waals surface area contributed by atoms with Gasteiger partial charge in [0.1, 0.15) is 0 Å². The van der Waals surface area contributed by atoms with E-state index in [1.807, 2.05) is 6.07 Å². The summed E-state index contributed by atoms with van der Waals surface area (Å²) >= 11 is 4.78. The summed E-state index contributed by atoms with van der Waals surface area (Å²) in [4.78, 5) is 17.9. The number of hydrogen-bond donors (Lipinski definition) is 0. The molecule has 1 fully saturated rings. The van der Waals surface area contributed by atoms with E-state index in [2.05, 4.69) is 26.0 Å². The average molecular weight is 431 g/mol. The zero-order chi connectivity index (χ0) is 18.0. The van der Waals surface area contributed by atoms with Crippen molar-refractivity contribution in [2.75, 3.05) is 23.5 Å². The van der Waals surface area contributed by atoms with E-state index in [0.717, 1.165) is 5.69 Å². The number of carbonyl (C=O) groups excluding carboxylic acids is 1. The molecule has 1 atom stereocenters. The molecule has 1 aliphatic carbocycles. The fraction of sp³-hybridized carbons (Fsp3) is 0.438. The van der Waals surface area contributed by atoms with Crippen LogP contribution in [0.2, 0.25) is 0 Å². The highest BCUT2D eigenvalue weighted by Crippen LogP contribution is 2.50. The number of nitrogens with zero attached hydrogens (tertiary/aromatic N) is 4. The number of halogens is 3. The van der Waals surface area contributed by atoms with Gasteiger partial charge in [0.2, 0.25) is 5.91 Å². The fourth-order valence-electron chi connectivity index (χ4n) is 2.33. The summed E-state index contributed by atoms with van der Waals surface area (Å²) in [7, 11) is 1.68. The number of hydrogen-bond acceptors (Lipinski definition) is 4. The Bertz CT molecular complexity index is 756. The Balaban J connectivity index is 1.54. The SMILES string of the molecule is CN(C(=O)CCSCC1CC1(F)F)c1cn(-c2cccnc2)nc1Br. The van der Waals surface area contributed by atoms with Crippen LogP contribution >= 0.6 is 27.7 Å². The molecule has 0 radical (unpaired) electrons. The van der Waals surface area contributed by atoms with Crippen LogP contribution in [0.15, 0.2) is 35.3 Å². The molecule has 1 saturated carbocycles. The first-order chi connectivity index (χ1) is 11.9. The second-order valence-electron chi connectivity index (χ2n) is 5.90. The molecule has 9 heteroatoms. The molecule has 0 aliphatic heterocycles. The van der Waals surface area contributed by atoms with E-state index in [1.165, 1.54) is 16.7 Å². The number of amides is 1. The molecule has 2 heterocycles. The second kappa shape index (κ2) is 7.41. The Hall–Kier alpha value is -1.48. The van der Waals surface area contributed by atoms with E-state index < -0.39 is 11.8 Å². The van der Waals surface area contributed by atoms with Crippen molar-refractivity contribution in [1.82, 2.24) is 14.8 Å². The maximum atomic E-state index is 12.8. The zero-order valence-electron chi connectivity index (χ0n) is 13.5. The maximum absolute atomic E-state index is 12.8. The van der Waals surface area contributed by atoms with Crippen molar-refractivity contribution in [3.63, 3.8) is 0 Å². The minimum Gasteiger partial charge on any atom is -0.312 e. The van der Waals surface area contributed by atoms with Gasteiger partial charge in [-0.25, -0.2) is 13.5 Å². The number of aromatic nitrogens is 3. The molecule has 1 amide bonds. The summed E-state index contributed by atoms with van der Waals surface area (Å²) in [5.74, 6) is -2.14. The quantitative estimate of drug-likeness (QED) is 0.627. The van der Waals surface area contributed by atoms with Crippen molar-refractivity contribution in [2.24, 2.45) is 5.92 Å². The molecular weight excluding hydrogens is 414 g/mol. The van der Waals surface area contributed by atoms with Crippen LogP contribution in [-0.2, 0) is 4.79 Å². The average Bonchev–Trinajstić information content (AvgIpc) is 3.01. The Morgan fingerprint density at radius 2 is 2.32 bits per heavy atom. The highest BCUT2D eigenvalue weighted by atomic mass is 79.9. The van der Waals surface area contributed by atoms with Gasteiger partial charge in [0.25, 0.3) is 5.92 Å². The van der Waals surface area contributed by atoms with Crippen LogP contribution in [-0.4, -0.2) is 45.1 Å². The lowest BCUT2D eigenvalue weighted by Crippen LogP contribution is -2.26. The molecule has 0 spiro atoms. The number of alkyl halides is 2. The van der Waals surface area contributed by atoms with Gasteiger partial charge in [-0.05, 0) is 28.1 Å². The molecule has 0 aromatic carbocycles. The number of carbonyl (C=O) groups is 1. The van der Waals surface area contributed by atoms with Gasteiger partial charge in [-0.2, -0.15) is 16.9 Å². The van der Waals surface area contributed by atoms with E-state index in [0.29, 0.717) is 28.2 Å². The highest BCUT2D eigenvalue weighted by Gasteiger charge is 2.56. The van der Waals surface area contributed by atoms with Crippen LogP contribution in [0.4, 0.5) is 14.5 Å². The highest BCUT2D eigenvalue weighted by molar-refractivity contribution is 9.10. The molecule has 5 nitrogen and oxygen atoms in total. The predicted molar refractivity (Wildman–Crippen MR) is 97.5 cm³/mol. The molecule has 1 unspecified atom stereocenters. The second-order valence-corrected chi connectivity index (χ2v) is 7.80. The van der Waals surface area contributed by atoms with Crippen molar-refractivity contribution < 1.29 is 13.6 Å². The topological polar surface area (TPSA) is 51.0 Å². The summed E-state index contributed by atoms with van der Waals surface area (Å²) in [6.07, 6.45) is 5.37. The number of anilines is 1. The number of thioether (sulfide) groups is 1. The summed E-state index contributed by atoms with van der Waals surface area (Å²) in [6, 6.07) is 3.67. The van der Waals surface area contributed by atoms with E-state index in [4.69, 9.17) is 0 Å². The molecule has 0 N–H and O–H groups in total. The zero-order valence-corrected chi connectivity index (χ0v) is 15.9. The normalized spacial score (nSPS) is 18.2. The number of pyridine rings is 1. The molecular formula is C16H17BrF2N4OS. The Kier molecular flexibility index (Phi) is 5.43. The summed E-state index contributed by atoms with van der Waals surface area (Å²) in [6.45, 7) is 0. The summed E-state index contributed by atoms with van der Waals surface area (Å²) in [5.41, 5.74) is 1.43. The van der Waals surface area contributed by atoms with E-state index in [9.17, 15) is 13.6 Å². The van der Waals surface area contributed by atoms with Crippen molar-refractivity contribution in [3.05, 3.63) is 35.3 Å². The van der Waals surface area contributed by atoms with Gasteiger partial charge in [-0.3, -0.25) is 9.78 Å². The van der Waals surface area contributed by atoms with Crippen molar-refractivity contribution >= 4 is 39.3 Å². The standard InChI is InChI=1S/C16H17BrF2N4OS/c1-22(14(24)4-6-25-10-11-7-16(11,18)19)13-9-23(21-15(13)17)12-3-2-5-20-8-12/h2-3,5,8-9,11H,4,6-7,10H2,1H3. The van der Waals surface area contributed by atoms with Crippen LogP contribution < -0.4 is 4.90 Å². The van der Waals surface area contributed by atoms with E-state index in [-0.39, 0.29) is 12.3 Å². The Morgan fingerprint density at radius 1 is 1.56 bits per heavy atom. The molecule has 2 aromatic rings. The predicted octanol–water partition coefficient (Wildman–Crippen LogP) is 3.77. The summed E-state index contributed by atoms with van der Waals surface area (Å²) in [5, 5.41) is 4.34. The van der Waals surface area contributed by atoms with Crippen LogP contribution in [0.1, 0.15) is 12.8 Å². The van der Waals surface area contributed by atoms with Crippen molar-refractivity contribution in [2.45, 2.75) is 18.8 Å². The lowest BCUT2D eigenvalue weighted by Gasteiger charge is -2.15. The monoisotopic (exact) mass is 430 g/mol. The van der Waals surface area contributed by atoms with Crippen molar-refractivity contribution in [1.29, 1.82) is 0 Å². The van der Waals surface area contributed by atoms with Gasteiger partial charge in [0.15, 0.2) is 4.60 Å². The van der Waals surface area contributed by atoms with Gasteiger partial charge in [-0.15, -0.1) is 0 Å². The van der Waals surface area contributed by atoms with Gasteiger partial charge in [0, 0.05) is 43.5 Å². The molecule has 0 saturated heterocycles. The van der Waals surface area contributed by atoms with Crippen LogP contribution in [0, 0.1) is 5.92 Å². The smallest absolute Gasteiger partial charge is 0.252 e. The van der Waals surface area contributed by atoms with Gasteiger partial charge in [-0.1, -0.05) is 0 Å². The number of rotatable bonds is 7. The molecule has 25 heavy (non-hydrogen) atoms.